The van der Waals surface area contributed by atoms with E-state index < -0.39 is 44.9 Å². The maximum Gasteiger partial charge on any atom is 0.300 e. The minimum absolute atomic E-state index is 0.0169. The quantitative estimate of drug-likeness (QED) is 0.394. The Balaban J connectivity index is 0.000000837. The number of hydrogen-bond donors (Lipinski definition) is 2. The number of nitro benzene ring substituents is 2. The molecule has 3 rings (SSSR count). The fraction of sp³-hybridized carbons (Fsp3) is 0.263. The zero-order valence-electron chi connectivity index (χ0n) is 17.1. The Bertz CT molecular complexity index is 1100. The second-order valence-corrected chi connectivity index (χ2v) is 7.20. The Labute approximate surface area is 179 Å². The second-order valence-electron chi connectivity index (χ2n) is 7.20. The lowest BCUT2D eigenvalue weighted by Gasteiger charge is -2.27. The van der Waals surface area contributed by atoms with Gasteiger partial charge >= 0.3 is 0 Å². The molecule has 0 aromatic heterocycles. The number of non-ortho nitro benzene ring substituents is 2. The van der Waals surface area contributed by atoms with Crippen molar-refractivity contribution in [3.63, 3.8) is 0 Å². The highest BCUT2D eigenvalue weighted by Crippen LogP contribution is 2.35. The fourth-order valence-electron chi connectivity index (χ4n) is 3.01. The smallest absolute Gasteiger partial charge is 0.300 e. The van der Waals surface area contributed by atoms with Gasteiger partial charge in [-0.05, 0) is 11.3 Å². The van der Waals surface area contributed by atoms with Gasteiger partial charge in [0, 0.05) is 43.0 Å². The summed E-state index contributed by atoms with van der Waals surface area (Å²) in [5.41, 5.74) is 0.860. The third kappa shape index (κ3) is 5.00. The molecule has 3 amide bonds. The van der Waals surface area contributed by atoms with E-state index in [0.29, 0.717) is 5.01 Å². The summed E-state index contributed by atoms with van der Waals surface area (Å²) >= 11 is 0. The van der Waals surface area contributed by atoms with Gasteiger partial charge in [0.2, 0.25) is 5.91 Å². The molecule has 0 atom stereocenters. The SMILES string of the molecule is CC(=O)O.CC(C)CC(=O)NN1C(=O)c2cc([N+](=O)[O-])cc3cc([N+](=O)[O-])cc(c23)C1=O. The molecule has 2 N–H and O–H groups in total. The number of carbonyl (C=O) groups is 4. The van der Waals surface area contributed by atoms with Gasteiger partial charge in [0.1, 0.15) is 0 Å². The highest BCUT2D eigenvalue weighted by Gasteiger charge is 2.37. The van der Waals surface area contributed by atoms with Crippen molar-refractivity contribution in [2.45, 2.75) is 27.2 Å². The number of nitrogens with zero attached hydrogens (tertiary/aromatic N) is 3. The van der Waals surface area contributed by atoms with Gasteiger partial charge in [0.15, 0.2) is 0 Å². The summed E-state index contributed by atoms with van der Waals surface area (Å²) in [5.74, 6) is -3.38. The molecule has 0 bridgehead atoms. The van der Waals surface area contributed by atoms with Crippen LogP contribution in [0.4, 0.5) is 11.4 Å². The molecule has 0 spiro atoms. The highest BCUT2D eigenvalue weighted by molar-refractivity contribution is 6.26. The van der Waals surface area contributed by atoms with Gasteiger partial charge in [-0.15, -0.1) is 0 Å². The molecule has 2 aromatic carbocycles. The van der Waals surface area contributed by atoms with Gasteiger partial charge in [0.05, 0.1) is 21.0 Å². The lowest BCUT2D eigenvalue weighted by Crippen LogP contribution is -2.51. The maximum absolute atomic E-state index is 12.8. The predicted molar refractivity (Wildman–Crippen MR) is 109 cm³/mol. The standard InChI is InChI=1S/C17H14N4O7.C2H4O2/c1-8(2)3-14(22)18-19-16(23)12-6-10(20(25)26)4-9-5-11(21(27)28)7-13(15(9)12)17(19)24;1-2(3)4/h4-8H,3H2,1-2H3,(H,18,22);1H3,(H,3,4). The molecule has 0 saturated carbocycles. The van der Waals surface area contributed by atoms with Crippen LogP contribution in [0.1, 0.15) is 47.9 Å². The Hall–Kier alpha value is -4.42. The third-order valence-corrected chi connectivity index (χ3v) is 4.14. The number of hydrazine groups is 1. The normalized spacial score (nSPS) is 12.3. The van der Waals surface area contributed by atoms with Crippen molar-refractivity contribution in [3.05, 3.63) is 55.6 Å². The molecule has 2 aromatic rings. The zero-order valence-corrected chi connectivity index (χ0v) is 17.1. The van der Waals surface area contributed by atoms with E-state index in [4.69, 9.17) is 9.90 Å². The molecular formula is C19H18N4O9. The van der Waals surface area contributed by atoms with Crippen LogP contribution in [0, 0.1) is 26.1 Å². The third-order valence-electron chi connectivity index (χ3n) is 4.14. The first-order valence-corrected chi connectivity index (χ1v) is 9.11. The predicted octanol–water partition coefficient (Wildman–Crippen LogP) is 2.42. The summed E-state index contributed by atoms with van der Waals surface area (Å²) in [6.45, 7) is 4.62. The van der Waals surface area contributed by atoms with Crippen LogP contribution in [0.5, 0.6) is 0 Å². The molecule has 1 aliphatic heterocycles. The summed E-state index contributed by atoms with van der Waals surface area (Å²) in [7, 11) is 0. The lowest BCUT2D eigenvalue weighted by atomic mass is 9.93. The molecule has 168 valence electrons. The van der Waals surface area contributed by atoms with E-state index in [1.807, 2.05) is 0 Å². The van der Waals surface area contributed by atoms with Gasteiger partial charge < -0.3 is 5.11 Å². The van der Waals surface area contributed by atoms with Crippen molar-refractivity contribution < 1.29 is 34.1 Å². The van der Waals surface area contributed by atoms with Crippen molar-refractivity contribution >= 4 is 45.8 Å². The Morgan fingerprint density at radius 2 is 1.41 bits per heavy atom. The Morgan fingerprint density at radius 3 is 1.75 bits per heavy atom. The van der Waals surface area contributed by atoms with Crippen LogP contribution < -0.4 is 5.43 Å². The number of hydrogen-bond acceptors (Lipinski definition) is 8. The summed E-state index contributed by atoms with van der Waals surface area (Å²) in [4.78, 5) is 67.5. The molecule has 0 unspecified atom stereocenters. The molecule has 13 heteroatoms. The van der Waals surface area contributed by atoms with Crippen LogP contribution in [-0.4, -0.2) is 43.7 Å². The van der Waals surface area contributed by atoms with Crippen LogP contribution in [-0.2, 0) is 9.59 Å². The molecule has 0 radical (unpaired) electrons. The average Bonchev–Trinajstić information content (AvgIpc) is 2.67. The maximum atomic E-state index is 12.8. The number of imide groups is 1. The number of carbonyl (C=O) groups excluding carboxylic acids is 3. The van der Waals surface area contributed by atoms with E-state index >= 15 is 0 Å². The molecule has 32 heavy (non-hydrogen) atoms. The first-order chi connectivity index (χ1) is 14.8. The van der Waals surface area contributed by atoms with Gasteiger partial charge in [-0.25, -0.2) is 0 Å². The average molecular weight is 446 g/mol. The number of rotatable bonds is 5. The fourth-order valence-corrected chi connectivity index (χ4v) is 3.01. The number of nitro groups is 2. The van der Waals surface area contributed by atoms with E-state index in [9.17, 15) is 34.6 Å². The highest BCUT2D eigenvalue weighted by atomic mass is 16.6. The van der Waals surface area contributed by atoms with E-state index in [1.165, 1.54) is 0 Å². The second kappa shape index (κ2) is 9.16. The van der Waals surface area contributed by atoms with Crippen LogP contribution >= 0.6 is 0 Å². The largest absolute Gasteiger partial charge is 0.481 e. The van der Waals surface area contributed by atoms with Crippen molar-refractivity contribution in [2.75, 3.05) is 0 Å². The van der Waals surface area contributed by atoms with E-state index in [1.54, 1.807) is 13.8 Å². The summed E-state index contributed by atoms with van der Waals surface area (Å²) < 4.78 is 0. The minimum Gasteiger partial charge on any atom is -0.481 e. The van der Waals surface area contributed by atoms with Crippen LogP contribution in [0.15, 0.2) is 24.3 Å². The molecule has 13 nitrogen and oxygen atoms in total. The van der Waals surface area contributed by atoms with E-state index in [0.717, 1.165) is 31.2 Å². The Morgan fingerprint density at radius 1 is 1.00 bits per heavy atom. The zero-order chi connectivity index (χ0) is 24.3. The summed E-state index contributed by atoms with van der Waals surface area (Å²) in [6, 6.07) is 4.08. The number of carboxylic acids is 1. The topological polar surface area (TPSA) is 190 Å². The van der Waals surface area contributed by atoms with Crippen molar-refractivity contribution in [1.29, 1.82) is 0 Å². The molecule has 0 aliphatic carbocycles. The van der Waals surface area contributed by atoms with Gasteiger partial charge in [0.25, 0.3) is 29.2 Å². The lowest BCUT2D eigenvalue weighted by molar-refractivity contribution is -0.385. The molecule has 0 fully saturated rings. The summed E-state index contributed by atoms with van der Waals surface area (Å²) in [5, 5.41) is 30.3. The minimum atomic E-state index is -0.947. The van der Waals surface area contributed by atoms with E-state index in [-0.39, 0.29) is 34.2 Å². The number of carboxylic acid groups (broad SMARTS) is 1. The van der Waals surface area contributed by atoms with Gasteiger partial charge in [-0.1, -0.05) is 13.8 Å². The van der Waals surface area contributed by atoms with Crippen LogP contribution in [0.25, 0.3) is 10.8 Å². The van der Waals surface area contributed by atoms with Crippen molar-refractivity contribution in [3.8, 4) is 0 Å². The number of amides is 3. The Kier molecular flexibility index (Phi) is 6.83. The number of nitrogens with one attached hydrogen (secondary N) is 1. The molecular weight excluding hydrogens is 428 g/mol. The van der Waals surface area contributed by atoms with Crippen molar-refractivity contribution in [2.24, 2.45) is 5.92 Å². The molecule has 1 aliphatic rings. The van der Waals surface area contributed by atoms with Gasteiger partial charge in [-0.2, -0.15) is 5.01 Å². The van der Waals surface area contributed by atoms with Crippen LogP contribution in [0.2, 0.25) is 0 Å². The molecule has 0 saturated heterocycles. The van der Waals surface area contributed by atoms with E-state index in [2.05, 4.69) is 5.43 Å². The monoisotopic (exact) mass is 446 g/mol. The molecule has 1 heterocycles. The van der Waals surface area contributed by atoms with Crippen molar-refractivity contribution in [1.82, 2.24) is 10.4 Å². The summed E-state index contributed by atoms with van der Waals surface area (Å²) in [6.07, 6.45) is 0.0310. The van der Waals surface area contributed by atoms with Gasteiger partial charge in [-0.3, -0.25) is 44.8 Å². The van der Waals surface area contributed by atoms with Crippen LogP contribution in [0.3, 0.4) is 0 Å². The number of aliphatic carboxylic acids is 1. The number of benzene rings is 2. The first-order valence-electron chi connectivity index (χ1n) is 9.11. The first kappa shape index (κ1) is 23.9.